The van der Waals surface area contributed by atoms with E-state index in [1.165, 1.54) is 6.07 Å². The van der Waals surface area contributed by atoms with Crippen molar-refractivity contribution in [3.63, 3.8) is 0 Å². The number of halogens is 1. The number of hydrogen-bond donors (Lipinski definition) is 2. The van der Waals surface area contributed by atoms with Crippen molar-refractivity contribution < 1.29 is 9.90 Å². The SMILES string of the molecule is CCC(C)(CO)NC(=O)c1cc(C)nc(Cl)c1. The number of nitrogens with one attached hydrogen (secondary N) is 1. The Kier molecular flexibility index (Phi) is 4.48. The summed E-state index contributed by atoms with van der Waals surface area (Å²) in [6.07, 6.45) is 0.646. The van der Waals surface area contributed by atoms with Crippen molar-refractivity contribution in [2.24, 2.45) is 0 Å². The first-order valence-corrected chi connectivity index (χ1v) is 5.85. The smallest absolute Gasteiger partial charge is 0.251 e. The van der Waals surface area contributed by atoms with Crippen LogP contribution in [0.3, 0.4) is 0 Å². The Bertz CT molecular complexity index is 397. The molecule has 5 heteroatoms. The maximum atomic E-state index is 12.0. The molecule has 1 aromatic heterocycles. The minimum Gasteiger partial charge on any atom is -0.394 e. The summed E-state index contributed by atoms with van der Waals surface area (Å²) in [6, 6.07) is 3.17. The van der Waals surface area contributed by atoms with Gasteiger partial charge >= 0.3 is 0 Å². The van der Waals surface area contributed by atoms with Gasteiger partial charge in [-0.2, -0.15) is 0 Å². The zero-order valence-electron chi connectivity index (χ0n) is 10.2. The van der Waals surface area contributed by atoms with E-state index in [2.05, 4.69) is 10.3 Å². The number of carbonyl (C=O) groups excluding carboxylic acids is 1. The number of nitrogens with zero attached hydrogens (tertiary/aromatic N) is 1. The van der Waals surface area contributed by atoms with Crippen LogP contribution in [0, 0.1) is 6.92 Å². The number of aliphatic hydroxyl groups is 1. The molecule has 1 aromatic rings. The van der Waals surface area contributed by atoms with Crippen LogP contribution in [0.2, 0.25) is 5.15 Å². The second kappa shape index (κ2) is 5.47. The maximum absolute atomic E-state index is 12.0. The molecule has 17 heavy (non-hydrogen) atoms. The van der Waals surface area contributed by atoms with Gasteiger partial charge < -0.3 is 10.4 Å². The van der Waals surface area contributed by atoms with Gasteiger partial charge in [-0.15, -0.1) is 0 Å². The molecule has 0 aliphatic rings. The highest BCUT2D eigenvalue weighted by atomic mass is 35.5. The number of pyridine rings is 1. The van der Waals surface area contributed by atoms with Crippen LogP contribution < -0.4 is 5.32 Å². The molecule has 0 bridgehead atoms. The fraction of sp³-hybridized carbons (Fsp3) is 0.500. The Labute approximate surface area is 106 Å². The van der Waals surface area contributed by atoms with Gasteiger partial charge in [-0.1, -0.05) is 18.5 Å². The predicted octanol–water partition coefficient (Wildman–Crippen LogP) is 1.93. The lowest BCUT2D eigenvalue weighted by Crippen LogP contribution is -2.48. The molecule has 0 aromatic carbocycles. The highest BCUT2D eigenvalue weighted by molar-refractivity contribution is 6.29. The lowest BCUT2D eigenvalue weighted by Gasteiger charge is -2.27. The van der Waals surface area contributed by atoms with Gasteiger partial charge in [-0.3, -0.25) is 4.79 Å². The summed E-state index contributed by atoms with van der Waals surface area (Å²) in [6.45, 7) is 5.36. The van der Waals surface area contributed by atoms with Gasteiger partial charge in [0.2, 0.25) is 0 Å². The number of rotatable bonds is 4. The van der Waals surface area contributed by atoms with E-state index in [0.717, 1.165) is 0 Å². The summed E-state index contributed by atoms with van der Waals surface area (Å²) in [5.74, 6) is -0.254. The molecular formula is C12H17ClN2O2. The molecule has 2 N–H and O–H groups in total. The summed E-state index contributed by atoms with van der Waals surface area (Å²) >= 11 is 5.79. The molecule has 0 spiro atoms. The molecule has 0 aliphatic heterocycles. The van der Waals surface area contributed by atoms with Crippen LogP contribution in [-0.2, 0) is 0 Å². The third kappa shape index (κ3) is 3.68. The van der Waals surface area contributed by atoms with Gasteiger partial charge in [0.1, 0.15) is 5.15 Å². The number of hydrogen-bond acceptors (Lipinski definition) is 3. The van der Waals surface area contributed by atoms with Crippen molar-refractivity contribution >= 4 is 17.5 Å². The summed E-state index contributed by atoms with van der Waals surface area (Å²) in [7, 11) is 0. The molecule has 1 heterocycles. The van der Waals surface area contributed by atoms with E-state index < -0.39 is 5.54 Å². The molecule has 0 radical (unpaired) electrons. The van der Waals surface area contributed by atoms with Crippen LogP contribution in [0.25, 0.3) is 0 Å². The van der Waals surface area contributed by atoms with Crippen molar-refractivity contribution in [1.82, 2.24) is 10.3 Å². The normalized spacial score (nSPS) is 14.2. The molecule has 1 amide bonds. The highest BCUT2D eigenvalue weighted by Gasteiger charge is 2.24. The minimum absolute atomic E-state index is 0.104. The zero-order chi connectivity index (χ0) is 13.1. The van der Waals surface area contributed by atoms with Crippen LogP contribution >= 0.6 is 11.6 Å². The van der Waals surface area contributed by atoms with Crippen molar-refractivity contribution in [2.75, 3.05) is 6.61 Å². The van der Waals surface area contributed by atoms with Gasteiger partial charge in [-0.05, 0) is 32.4 Å². The summed E-state index contributed by atoms with van der Waals surface area (Å²) in [4.78, 5) is 16.0. The molecule has 1 rings (SSSR count). The fourth-order valence-electron chi connectivity index (χ4n) is 1.35. The second-order valence-corrected chi connectivity index (χ2v) is 4.73. The Hall–Kier alpha value is -1.13. The Morgan fingerprint density at radius 2 is 2.24 bits per heavy atom. The summed E-state index contributed by atoms with van der Waals surface area (Å²) in [5.41, 5.74) is 0.529. The third-order valence-corrected chi connectivity index (χ3v) is 2.92. The van der Waals surface area contributed by atoms with Gasteiger partial charge in [0.05, 0.1) is 12.1 Å². The van der Waals surface area contributed by atoms with Crippen LogP contribution in [0.4, 0.5) is 0 Å². The van der Waals surface area contributed by atoms with Gasteiger partial charge in [0, 0.05) is 11.3 Å². The molecule has 1 atom stereocenters. The van der Waals surface area contributed by atoms with Gasteiger partial charge in [0.25, 0.3) is 5.91 Å². The molecule has 0 aliphatic carbocycles. The van der Waals surface area contributed by atoms with Gasteiger partial charge in [0.15, 0.2) is 0 Å². The van der Waals surface area contributed by atoms with Crippen LogP contribution in [0.1, 0.15) is 36.3 Å². The first-order valence-electron chi connectivity index (χ1n) is 5.48. The monoisotopic (exact) mass is 256 g/mol. The average molecular weight is 257 g/mol. The molecular weight excluding hydrogens is 240 g/mol. The zero-order valence-corrected chi connectivity index (χ0v) is 11.0. The second-order valence-electron chi connectivity index (χ2n) is 4.35. The van der Waals surface area contributed by atoms with Crippen molar-refractivity contribution in [3.8, 4) is 0 Å². The number of aromatic nitrogens is 1. The van der Waals surface area contributed by atoms with Crippen LogP contribution in [0.15, 0.2) is 12.1 Å². The Morgan fingerprint density at radius 3 is 2.71 bits per heavy atom. The van der Waals surface area contributed by atoms with E-state index >= 15 is 0 Å². The predicted molar refractivity (Wildman–Crippen MR) is 67.2 cm³/mol. The number of amides is 1. The van der Waals surface area contributed by atoms with E-state index in [4.69, 9.17) is 11.6 Å². The molecule has 4 nitrogen and oxygen atoms in total. The standard InChI is InChI=1S/C12H17ClN2O2/c1-4-12(3,7-16)15-11(17)9-5-8(2)14-10(13)6-9/h5-6,16H,4,7H2,1-3H3,(H,15,17). The lowest BCUT2D eigenvalue weighted by atomic mass is 9.99. The summed E-state index contributed by atoms with van der Waals surface area (Å²) < 4.78 is 0. The fourth-order valence-corrected chi connectivity index (χ4v) is 1.60. The van der Waals surface area contributed by atoms with E-state index in [-0.39, 0.29) is 17.7 Å². The minimum atomic E-state index is -0.610. The average Bonchev–Trinajstić information content (AvgIpc) is 2.27. The molecule has 1 unspecified atom stereocenters. The largest absolute Gasteiger partial charge is 0.394 e. The molecule has 94 valence electrons. The van der Waals surface area contributed by atoms with E-state index in [9.17, 15) is 9.90 Å². The topological polar surface area (TPSA) is 62.2 Å². The molecule has 0 saturated carbocycles. The van der Waals surface area contributed by atoms with Crippen LogP contribution in [-0.4, -0.2) is 28.1 Å². The van der Waals surface area contributed by atoms with Crippen LogP contribution in [0.5, 0.6) is 0 Å². The number of carbonyl (C=O) groups is 1. The van der Waals surface area contributed by atoms with E-state index in [1.54, 1.807) is 19.9 Å². The van der Waals surface area contributed by atoms with Gasteiger partial charge in [-0.25, -0.2) is 4.98 Å². The molecule has 0 saturated heterocycles. The van der Waals surface area contributed by atoms with E-state index in [0.29, 0.717) is 17.7 Å². The third-order valence-electron chi connectivity index (χ3n) is 2.73. The molecule has 0 fully saturated rings. The first-order chi connectivity index (χ1) is 7.90. The van der Waals surface area contributed by atoms with Crippen molar-refractivity contribution in [1.29, 1.82) is 0 Å². The first kappa shape index (κ1) is 13.9. The van der Waals surface area contributed by atoms with E-state index in [1.807, 2.05) is 6.92 Å². The van der Waals surface area contributed by atoms with Crippen molar-refractivity contribution in [3.05, 3.63) is 28.5 Å². The Balaban J connectivity index is 2.90. The van der Waals surface area contributed by atoms with Crippen molar-refractivity contribution in [2.45, 2.75) is 32.7 Å². The highest BCUT2D eigenvalue weighted by Crippen LogP contribution is 2.13. The number of aliphatic hydroxyl groups excluding tert-OH is 1. The quantitative estimate of drug-likeness (QED) is 0.810. The summed E-state index contributed by atoms with van der Waals surface area (Å²) in [5, 5.41) is 12.3. The number of aryl methyl sites for hydroxylation is 1. The Morgan fingerprint density at radius 1 is 1.59 bits per heavy atom. The maximum Gasteiger partial charge on any atom is 0.251 e. The lowest BCUT2D eigenvalue weighted by molar-refractivity contribution is 0.0847.